The standard InChI is InChI=1S/C8H13IN2O2/c1-6(12)10-7-2-4-11(5-3-7)8(9)13/h7H,2-5H2,1H3,(H,10,12). The summed E-state index contributed by atoms with van der Waals surface area (Å²) >= 11 is 1.79. The number of carbonyl (C=O) groups excluding carboxylic acids is 2. The first-order chi connectivity index (χ1) is 6.09. The van der Waals surface area contributed by atoms with E-state index in [1.807, 2.05) is 0 Å². The molecule has 0 bridgehead atoms. The van der Waals surface area contributed by atoms with Gasteiger partial charge in [0.1, 0.15) is 0 Å². The number of halogens is 1. The van der Waals surface area contributed by atoms with Crippen LogP contribution in [0.25, 0.3) is 0 Å². The topological polar surface area (TPSA) is 49.4 Å². The van der Waals surface area contributed by atoms with Crippen LogP contribution in [0.4, 0.5) is 4.79 Å². The number of carbonyl (C=O) groups is 2. The van der Waals surface area contributed by atoms with E-state index in [2.05, 4.69) is 5.32 Å². The Labute approximate surface area is 91.2 Å². The molecule has 1 rings (SSSR count). The highest BCUT2D eigenvalue weighted by Crippen LogP contribution is 2.12. The Kier molecular flexibility index (Phi) is 3.95. The third kappa shape index (κ3) is 3.50. The summed E-state index contributed by atoms with van der Waals surface area (Å²) in [5, 5.41) is 2.86. The van der Waals surface area contributed by atoms with Crippen molar-refractivity contribution < 1.29 is 9.59 Å². The maximum Gasteiger partial charge on any atom is 0.283 e. The van der Waals surface area contributed by atoms with Gasteiger partial charge in [0.15, 0.2) is 0 Å². The minimum Gasteiger partial charge on any atom is -0.353 e. The average molecular weight is 296 g/mol. The number of nitrogens with zero attached hydrogens (tertiary/aromatic N) is 1. The molecular weight excluding hydrogens is 283 g/mol. The third-order valence-electron chi connectivity index (χ3n) is 2.15. The summed E-state index contributed by atoms with van der Waals surface area (Å²) in [6, 6.07) is 0.254. The van der Waals surface area contributed by atoms with Crippen molar-refractivity contribution in [3.8, 4) is 0 Å². The van der Waals surface area contributed by atoms with Crippen LogP contribution in [-0.2, 0) is 4.79 Å². The molecule has 1 aliphatic heterocycles. The van der Waals surface area contributed by atoms with E-state index in [-0.39, 0.29) is 15.9 Å². The van der Waals surface area contributed by atoms with Crippen LogP contribution in [0.15, 0.2) is 0 Å². The Balaban J connectivity index is 2.30. The normalized spacial score (nSPS) is 18.5. The third-order valence-corrected chi connectivity index (χ3v) is 2.83. The quantitative estimate of drug-likeness (QED) is 0.448. The van der Waals surface area contributed by atoms with Crippen LogP contribution in [0.2, 0.25) is 0 Å². The number of nitrogens with one attached hydrogen (secondary N) is 1. The highest BCUT2D eigenvalue weighted by atomic mass is 127. The molecule has 0 saturated carbocycles. The van der Waals surface area contributed by atoms with Gasteiger partial charge in [-0.2, -0.15) is 0 Å². The maximum absolute atomic E-state index is 11.0. The first-order valence-corrected chi connectivity index (χ1v) is 5.39. The molecule has 13 heavy (non-hydrogen) atoms. The van der Waals surface area contributed by atoms with Gasteiger partial charge in [-0.05, 0) is 12.8 Å². The number of hydrogen-bond acceptors (Lipinski definition) is 2. The Morgan fingerprint density at radius 3 is 2.31 bits per heavy atom. The van der Waals surface area contributed by atoms with Crippen LogP contribution in [0, 0.1) is 0 Å². The predicted molar refractivity (Wildman–Crippen MR) is 57.8 cm³/mol. The molecule has 0 unspecified atom stereocenters. The summed E-state index contributed by atoms with van der Waals surface area (Å²) < 4.78 is 0.0962. The lowest BCUT2D eigenvalue weighted by Gasteiger charge is -2.30. The summed E-state index contributed by atoms with van der Waals surface area (Å²) in [5.41, 5.74) is 0. The number of piperidine rings is 1. The van der Waals surface area contributed by atoms with Crippen LogP contribution in [0.1, 0.15) is 19.8 Å². The van der Waals surface area contributed by atoms with E-state index in [4.69, 9.17) is 0 Å². The lowest BCUT2D eigenvalue weighted by atomic mass is 10.1. The Hall–Kier alpha value is -0.330. The molecule has 0 aromatic rings. The Morgan fingerprint density at radius 2 is 1.92 bits per heavy atom. The molecule has 1 saturated heterocycles. The molecule has 1 aliphatic rings. The van der Waals surface area contributed by atoms with Crippen molar-refractivity contribution >= 4 is 32.4 Å². The molecule has 1 fully saturated rings. The van der Waals surface area contributed by atoms with Crippen LogP contribution in [0.3, 0.4) is 0 Å². The summed E-state index contributed by atoms with van der Waals surface area (Å²) in [6.07, 6.45) is 1.74. The van der Waals surface area contributed by atoms with E-state index in [0.717, 1.165) is 25.9 Å². The number of hydrogen-bond donors (Lipinski definition) is 1. The van der Waals surface area contributed by atoms with Gasteiger partial charge in [-0.1, -0.05) is 0 Å². The largest absolute Gasteiger partial charge is 0.353 e. The van der Waals surface area contributed by atoms with Gasteiger partial charge in [0.2, 0.25) is 5.91 Å². The SMILES string of the molecule is CC(=O)NC1CCN(C(=O)I)CC1. The van der Waals surface area contributed by atoms with Crippen molar-refractivity contribution in [2.45, 2.75) is 25.8 Å². The van der Waals surface area contributed by atoms with Crippen molar-refractivity contribution in [2.24, 2.45) is 0 Å². The fourth-order valence-electron chi connectivity index (χ4n) is 1.49. The molecule has 0 radical (unpaired) electrons. The zero-order valence-electron chi connectivity index (χ0n) is 7.55. The number of likely N-dealkylation sites (tertiary alicyclic amines) is 1. The van der Waals surface area contributed by atoms with Crippen molar-refractivity contribution in [3.63, 3.8) is 0 Å². The van der Waals surface area contributed by atoms with Crippen LogP contribution in [-0.4, -0.2) is 33.9 Å². The summed E-state index contributed by atoms with van der Waals surface area (Å²) in [5.74, 6) is 0.0132. The second-order valence-corrected chi connectivity index (χ2v) is 4.14. The zero-order chi connectivity index (χ0) is 9.84. The van der Waals surface area contributed by atoms with Crippen molar-refractivity contribution in [1.29, 1.82) is 0 Å². The lowest BCUT2D eigenvalue weighted by molar-refractivity contribution is -0.119. The number of amides is 2. The highest BCUT2D eigenvalue weighted by Gasteiger charge is 2.21. The van der Waals surface area contributed by atoms with E-state index in [9.17, 15) is 9.59 Å². The van der Waals surface area contributed by atoms with Gasteiger partial charge < -0.3 is 10.2 Å². The molecule has 2 amide bonds. The fourth-order valence-corrected chi connectivity index (χ4v) is 1.97. The summed E-state index contributed by atoms with van der Waals surface area (Å²) in [7, 11) is 0. The molecule has 0 aromatic carbocycles. The van der Waals surface area contributed by atoms with E-state index in [0.29, 0.717) is 0 Å². The first-order valence-electron chi connectivity index (χ1n) is 4.31. The van der Waals surface area contributed by atoms with Gasteiger partial charge in [0, 0.05) is 48.6 Å². The molecule has 1 N–H and O–H groups in total. The fraction of sp³-hybridized carbons (Fsp3) is 0.750. The summed E-state index contributed by atoms with van der Waals surface area (Å²) in [6.45, 7) is 3.04. The second kappa shape index (κ2) is 4.78. The number of rotatable bonds is 1. The Bertz CT molecular complexity index is 212. The molecule has 0 aliphatic carbocycles. The van der Waals surface area contributed by atoms with E-state index in [1.54, 1.807) is 27.5 Å². The average Bonchev–Trinajstić information content (AvgIpc) is 2.04. The van der Waals surface area contributed by atoms with E-state index < -0.39 is 0 Å². The van der Waals surface area contributed by atoms with Gasteiger partial charge in [-0.15, -0.1) is 0 Å². The molecule has 1 heterocycles. The Morgan fingerprint density at radius 1 is 1.38 bits per heavy atom. The molecule has 0 aromatic heterocycles. The molecular formula is C8H13IN2O2. The monoisotopic (exact) mass is 296 g/mol. The van der Waals surface area contributed by atoms with Gasteiger partial charge in [-0.25, -0.2) is 0 Å². The van der Waals surface area contributed by atoms with Gasteiger partial charge in [0.05, 0.1) is 0 Å². The van der Waals surface area contributed by atoms with Gasteiger partial charge >= 0.3 is 0 Å². The zero-order valence-corrected chi connectivity index (χ0v) is 9.70. The van der Waals surface area contributed by atoms with Gasteiger partial charge in [-0.3, -0.25) is 9.59 Å². The second-order valence-electron chi connectivity index (χ2n) is 3.21. The van der Waals surface area contributed by atoms with E-state index in [1.165, 1.54) is 6.92 Å². The lowest BCUT2D eigenvalue weighted by Crippen LogP contribution is -2.44. The molecule has 0 spiro atoms. The first kappa shape index (κ1) is 10.7. The molecule has 4 nitrogen and oxygen atoms in total. The van der Waals surface area contributed by atoms with E-state index >= 15 is 0 Å². The maximum atomic E-state index is 11.0. The van der Waals surface area contributed by atoms with Crippen LogP contribution >= 0.6 is 22.6 Å². The van der Waals surface area contributed by atoms with Crippen LogP contribution in [0.5, 0.6) is 0 Å². The smallest absolute Gasteiger partial charge is 0.283 e. The molecule has 74 valence electrons. The summed E-state index contributed by atoms with van der Waals surface area (Å²) in [4.78, 5) is 23.5. The molecule has 0 atom stereocenters. The van der Waals surface area contributed by atoms with Crippen molar-refractivity contribution in [2.75, 3.05) is 13.1 Å². The van der Waals surface area contributed by atoms with Crippen LogP contribution < -0.4 is 5.32 Å². The minimum absolute atomic E-state index is 0.0132. The predicted octanol–water partition coefficient (Wildman–Crippen LogP) is 1.14. The minimum atomic E-state index is 0.0132. The van der Waals surface area contributed by atoms with Crippen molar-refractivity contribution in [3.05, 3.63) is 0 Å². The highest BCUT2D eigenvalue weighted by molar-refractivity contribution is 14.1. The van der Waals surface area contributed by atoms with Crippen molar-refractivity contribution in [1.82, 2.24) is 10.2 Å². The van der Waals surface area contributed by atoms with Gasteiger partial charge in [0.25, 0.3) is 3.91 Å². The molecule has 5 heteroatoms.